The number of rotatable bonds is 2. The lowest BCUT2D eigenvalue weighted by Crippen LogP contribution is -2.52. The van der Waals surface area contributed by atoms with Gasteiger partial charge in [0.05, 0.1) is 11.6 Å². The van der Waals surface area contributed by atoms with E-state index in [0.717, 1.165) is 24.8 Å². The molecule has 26 heavy (non-hydrogen) atoms. The molecule has 0 bridgehead atoms. The molecular formula is C19H22N4O2S. The minimum atomic E-state index is -0.198. The van der Waals surface area contributed by atoms with Gasteiger partial charge < -0.3 is 16.0 Å². The molecule has 7 heteroatoms. The number of carbonyl (C=O) groups excluding carboxylic acids is 2. The average Bonchev–Trinajstić information content (AvgIpc) is 3.14. The Morgan fingerprint density at radius 3 is 2.62 bits per heavy atom. The highest BCUT2D eigenvalue weighted by Crippen LogP contribution is 2.39. The fraction of sp³-hybridized carbons (Fsp3) is 0.421. The van der Waals surface area contributed by atoms with Gasteiger partial charge in [0.25, 0.3) is 5.91 Å². The molecule has 2 aliphatic rings. The first-order chi connectivity index (χ1) is 12.5. The Labute approximate surface area is 156 Å². The van der Waals surface area contributed by atoms with Gasteiger partial charge in [0.2, 0.25) is 5.91 Å². The van der Waals surface area contributed by atoms with Crippen molar-refractivity contribution in [3.8, 4) is 0 Å². The Bertz CT molecular complexity index is 840. The Kier molecular flexibility index (Phi) is 4.19. The highest BCUT2D eigenvalue weighted by atomic mass is 32.1. The quantitative estimate of drug-likeness (QED) is 0.849. The number of amides is 2. The fourth-order valence-corrected chi connectivity index (χ4v) is 4.87. The first-order valence-corrected chi connectivity index (χ1v) is 9.68. The number of nitrogens with zero attached hydrogens (tertiary/aromatic N) is 2. The molecule has 4 rings (SSSR count). The summed E-state index contributed by atoms with van der Waals surface area (Å²) < 4.78 is 0. The summed E-state index contributed by atoms with van der Waals surface area (Å²) in [5.74, 6) is -0.000440. The van der Waals surface area contributed by atoms with Crippen molar-refractivity contribution in [3.63, 3.8) is 0 Å². The van der Waals surface area contributed by atoms with Crippen molar-refractivity contribution in [2.24, 2.45) is 0 Å². The fourth-order valence-electron chi connectivity index (χ4n) is 4.06. The lowest BCUT2D eigenvalue weighted by atomic mass is 9.82. The number of nitrogen functional groups attached to an aromatic ring is 1. The molecule has 2 amide bonds. The molecule has 0 saturated carbocycles. The summed E-state index contributed by atoms with van der Waals surface area (Å²) in [5, 5.41) is 3.65. The summed E-state index contributed by atoms with van der Waals surface area (Å²) in [4.78, 5) is 31.9. The highest BCUT2D eigenvalue weighted by molar-refractivity contribution is 7.17. The van der Waals surface area contributed by atoms with Crippen LogP contribution >= 0.6 is 11.3 Å². The van der Waals surface area contributed by atoms with Gasteiger partial charge in [-0.1, -0.05) is 41.7 Å². The van der Waals surface area contributed by atoms with Crippen molar-refractivity contribution in [1.29, 1.82) is 0 Å². The van der Waals surface area contributed by atoms with Crippen LogP contribution in [0.15, 0.2) is 30.3 Å². The number of hydrogen-bond acceptors (Lipinski definition) is 5. The maximum Gasteiger partial charge on any atom is 0.265 e. The second kappa shape index (κ2) is 6.39. The lowest BCUT2D eigenvalue weighted by molar-refractivity contribution is -0.121. The van der Waals surface area contributed by atoms with Gasteiger partial charge >= 0.3 is 0 Å². The zero-order valence-corrected chi connectivity index (χ0v) is 15.5. The molecule has 1 spiro atoms. The standard InChI is InChI=1S/C19H22N4O2S/c1-12-15(26-18(20)21-12)17(25)23-9-7-19(8-10-23)11-14(16(24)22-19)13-5-3-2-4-6-13/h2-6,14H,7-11H2,1H3,(H2,20,21)(H,22,24)/t14-/m0/s1. The summed E-state index contributed by atoms with van der Waals surface area (Å²) in [7, 11) is 0. The minimum absolute atomic E-state index is 0.00418. The number of hydrogen-bond donors (Lipinski definition) is 2. The van der Waals surface area contributed by atoms with Crippen LogP contribution in [0.1, 0.15) is 46.1 Å². The molecule has 1 atom stereocenters. The van der Waals surface area contributed by atoms with Gasteiger partial charge in [-0.15, -0.1) is 0 Å². The van der Waals surface area contributed by atoms with Gasteiger partial charge in [0.1, 0.15) is 4.88 Å². The summed E-state index contributed by atoms with van der Waals surface area (Å²) in [6.07, 6.45) is 2.35. The predicted molar refractivity (Wildman–Crippen MR) is 101 cm³/mol. The maximum absolute atomic E-state index is 12.7. The van der Waals surface area contributed by atoms with E-state index in [1.165, 1.54) is 11.3 Å². The Morgan fingerprint density at radius 2 is 2.00 bits per heavy atom. The van der Waals surface area contributed by atoms with Crippen molar-refractivity contribution >= 4 is 28.3 Å². The molecule has 6 nitrogen and oxygen atoms in total. The molecule has 1 aromatic carbocycles. The topological polar surface area (TPSA) is 88.3 Å². The number of aryl methyl sites for hydroxylation is 1. The molecule has 2 aromatic rings. The van der Waals surface area contributed by atoms with Gasteiger partial charge in [-0.3, -0.25) is 9.59 Å². The number of piperidine rings is 1. The number of carbonyl (C=O) groups is 2. The summed E-state index contributed by atoms with van der Waals surface area (Å²) >= 11 is 1.24. The SMILES string of the molecule is Cc1nc(N)sc1C(=O)N1CCC2(CC1)C[C@@H](c1ccccc1)C(=O)N2. The molecule has 0 radical (unpaired) electrons. The number of likely N-dealkylation sites (tertiary alicyclic amines) is 1. The van der Waals surface area contributed by atoms with E-state index in [1.807, 2.05) is 42.2 Å². The van der Waals surface area contributed by atoms with Crippen molar-refractivity contribution < 1.29 is 9.59 Å². The number of nitrogens with one attached hydrogen (secondary N) is 1. The molecule has 3 N–H and O–H groups in total. The Balaban J connectivity index is 1.44. The molecule has 0 unspecified atom stereocenters. The van der Waals surface area contributed by atoms with E-state index in [2.05, 4.69) is 10.3 Å². The van der Waals surface area contributed by atoms with Crippen LogP contribution in [0.4, 0.5) is 5.13 Å². The lowest BCUT2D eigenvalue weighted by Gasteiger charge is -2.39. The molecule has 2 saturated heterocycles. The maximum atomic E-state index is 12.7. The van der Waals surface area contributed by atoms with Gasteiger partial charge in [-0.2, -0.15) is 0 Å². The molecule has 3 heterocycles. The number of anilines is 1. The largest absolute Gasteiger partial charge is 0.375 e. The van der Waals surface area contributed by atoms with Crippen LogP contribution in [0.2, 0.25) is 0 Å². The zero-order chi connectivity index (χ0) is 18.3. The van der Waals surface area contributed by atoms with Crippen LogP contribution in [0.25, 0.3) is 0 Å². The first kappa shape index (κ1) is 17.0. The minimum Gasteiger partial charge on any atom is -0.375 e. The molecule has 2 aliphatic heterocycles. The van der Waals surface area contributed by atoms with Crippen LogP contribution in [0, 0.1) is 6.92 Å². The number of benzene rings is 1. The second-order valence-corrected chi connectivity index (χ2v) is 8.23. The van der Waals surface area contributed by atoms with E-state index in [0.29, 0.717) is 28.8 Å². The second-order valence-electron chi connectivity index (χ2n) is 7.20. The van der Waals surface area contributed by atoms with Crippen molar-refractivity contribution in [2.45, 2.75) is 37.6 Å². The zero-order valence-electron chi connectivity index (χ0n) is 14.7. The third-order valence-corrected chi connectivity index (χ3v) is 6.49. The molecule has 1 aromatic heterocycles. The van der Waals surface area contributed by atoms with E-state index in [1.54, 1.807) is 0 Å². The predicted octanol–water partition coefficient (Wildman–Crippen LogP) is 2.31. The van der Waals surface area contributed by atoms with Crippen LogP contribution in [-0.2, 0) is 4.79 Å². The smallest absolute Gasteiger partial charge is 0.265 e. The van der Waals surface area contributed by atoms with Crippen LogP contribution in [0.5, 0.6) is 0 Å². The molecular weight excluding hydrogens is 348 g/mol. The van der Waals surface area contributed by atoms with E-state index in [4.69, 9.17) is 5.73 Å². The van der Waals surface area contributed by atoms with Gasteiger partial charge in [0.15, 0.2) is 5.13 Å². The van der Waals surface area contributed by atoms with Crippen LogP contribution < -0.4 is 11.1 Å². The summed E-state index contributed by atoms with van der Waals surface area (Å²) in [6.45, 7) is 3.09. The number of nitrogens with two attached hydrogens (primary N) is 1. The number of aromatic nitrogens is 1. The van der Waals surface area contributed by atoms with E-state index in [-0.39, 0.29) is 23.3 Å². The van der Waals surface area contributed by atoms with Gasteiger partial charge in [0, 0.05) is 18.6 Å². The summed E-state index contributed by atoms with van der Waals surface area (Å²) in [6, 6.07) is 9.93. The highest BCUT2D eigenvalue weighted by Gasteiger charge is 2.46. The first-order valence-electron chi connectivity index (χ1n) is 8.87. The van der Waals surface area contributed by atoms with E-state index >= 15 is 0 Å². The average molecular weight is 370 g/mol. The third-order valence-electron chi connectivity index (χ3n) is 5.52. The van der Waals surface area contributed by atoms with Crippen molar-refractivity contribution in [1.82, 2.24) is 15.2 Å². The Morgan fingerprint density at radius 1 is 1.31 bits per heavy atom. The monoisotopic (exact) mass is 370 g/mol. The molecule has 2 fully saturated rings. The van der Waals surface area contributed by atoms with E-state index < -0.39 is 0 Å². The van der Waals surface area contributed by atoms with Crippen LogP contribution in [-0.4, -0.2) is 40.3 Å². The van der Waals surface area contributed by atoms with Gasteiger partial charge in [-0.05, 0) is 31.7 Å². The van der Waals surface area contributed by atoms with Gasteiger partial charge in [-0.25, -0.2) is 4.98 Å². The van der Waals surface area contributed by atoms with E-state index in [9.17, 15) is 9.59 Å². The number of thiazole rings is 1. The summed E-state index contributed by atoms with van der Waals surface area (Å²) in [5.41, 5.74) is 7.27. The molecule has 136 valence electrons. The Hall–Kier alpha value is -2.41. The normalized spacial score (nSPS) is 21.8. The van der Waals surface area contributed by atoms with Crippen molar-refractivity contribution in [3.05, 3.63) is 46.5 Å². The molecule has 0 aliphatic carbocycles. The van der Waals surface area contributed by atoms with Crippen molar-refractivity contribution in [2.75, 3.05) is 18.8 Å². The van der Waals surface area contributed by atoms with Crippen LogP contribution in [0.3, 0.4) is 0 Å². The third kappa shape index (κ3) is 2.96.